The highest BCUT2D eigenvalue weighted by atomic mass is 16.2. The van der Waals surface area contributed by atoms with Crippen molar-refractivity contribution in [2.24, 2.45) is 5.73 Å². The van der Waals surface area contributed by atoms with E-state index in [1.807, 2.05) is 28.8 Å². The first-order valence-electron chi connectivity index (χ1n) is 7.65. The summed E-state index contributed by atoms with van der Waals surface area (Å²) in [5.74, 6) is -0.0303. The van der Waals surface area contributed by atoms with Crippen LogP contribution in [0.3, 0.4) is 0 Å². The summed E-state index contributed by atoms with van der Waals surface area (Å²) in [6.45, 7) is 4.73. The standard InChI is InChI=1S/C16H22N4O2/c1-16(2,17)14(21)19-9-7-11(8-10-19)20-13-6-4-3-5-12(13)18-15(20)22/h3-6,11H,7-10,17H2,1-2H3,(H,18,22). The average molecular weight is 302 g/mol. The number of nitrogens with one attached hydrogen (secondary N) is 1. The number of rotatable bonds is 2. The first-order valence-corrected chi connectivity index (χ1v) is 7.65. The molecule has 1 aromatic heterocycles. The fraction of sp³-hybridized carbons (Fsp3) is 0.500. The van der Waals surface area contributed by atoms with Gasteiger partial charge in [-0.05, 0) is 38.8 Å². The third-order valence-electron chi connectivity index (χ3n) is 4.29. The molecular weight excluding hydrogens is 280 g/mol. The van der Waals surface area contributed by atoms with Crippen molar-refractivity contribution < 1.29 is 4.79 Å². The van der Waals surface area contributed by atoms with Crippen LogP contribution in [0.5, 0.6) is 0 Å². The summed E-state index contributed by atoms with van der Waals surface area (Å²) in [6.07, 6.45) is 1.53. The first kappa shape index (κ1) is 14.8. The Labute approximate surface area is 128 Å². The average Bonchev–Trinajstić information content (AvgIpc) is 2.81. The number of likely N-dealkylation sites (tertiary alicyclic amines) is 1. The second kappa shape index (κ2) is 5.28. The molecule has 0 atom stereocenters. The highest BCUT2D eigenvalue weighted by molar-refractivity contribution is 5.85. The molecule has 2 aromatic rings. The van der Waals surface area contributed by atoms with E-state index >= 15 is 0 Å². The third-order valence-corrected chi connectivity index (χ3v) is 4.29. The molecule has 0 unspecified atom stereocenters. The molecular formula is C16H22N4O2. The van der Waals surface area contributed by atoms with Crippen molar-refractivity contribution in [2.45, 2.75) is 38.3 Å². The number of hydrogen-bond donors (Lipinski definition) is 2. The van der Waals surface area contributed by atoms with E-state index in [0.717, 1.165) is 23.9 Å². The van der Waals surface area contributed by atoms with Gasteiger partial charge in [-0.2, -0.15) is 0 Å². The molecule has 2 heterocycles. The number of aromatic amines is 1. The number of carbonyl (C=O) groups is 1. The second-order valence-electron chi connectivity index (χ2n) is 6.56. The van der Waals surface area contributed by atoms with E-state index in [0.29, 0.717) is 13.1 Å². The zero-order valence-corrected chi connectivity index (χ0v) is 13.0. The van der Waals surface area contributed by atoms with E-state index in [1.54, 1.807) is 18.7 Å². The van der Waals surface area contributed by atoms with Gasteiger partial charge in [0, 0.05) is 19.1 Å². The molecule has 118 valence electrons. The van der Waals surface area contributed by atoms with Crippen LogP contribution >= 0.6 is 0 Å². The van der Waals surface area contributed by atoms with Gasteiger partial charge in [0.05, 0.1) is 16.6 Å². The molecule has 1 aliphatic heterocycles. The van der Waals surface area contributed by atoms with Gasteiger partial charge in [-0.3, -0.25) is 9.36 Å². The Morgan fingerprint density at radius 1 is 1.27 bits per heavy atom. The van der Waals surface area contributed by atoms with Gasteiger partial charge in [-0.1, -0.05) is 12.1 Å². The number of hydrogen-bond acceptors (Lipinski definition) is 3. The fourth-order valence-corrected chi connectivity index (χ4v) is 3.17. The van der Waals surface area contributed by atoms with Crippen LogP contribution in [0.15, 0.2) is 29.1 Å². The summed E-state index contributed by atoms with van der Waals surface area (Å²) in [5.41, 5.74) is 6.75. The van der Waals surface area contributed by atoms with Crippen molar-refractivity contribution >= 4 is 16.9 Å². The van der Waals surface area contributed by atoms with Crippen molar-refractivity contribution in [2.75, 3.05) is 13.1 Å². The Balaban J connectivity index is 1.80. The van der Waals surface area contributed by atoms with Gasteiger partial charge in [-0.15, -0.1) is 0 Å². The van der Waals surface area contributed by atoms with Gasteiger partial charge in [-0.25, -0.2) is 4.79 Å². The van der Waals surface area contributed by atoms with Gasteiger partial charge in [0.15, 0.2) is 0 Å². The zero-order valence-electron chi connectivity index (χ0n) is 13.0. The second-order valence-corrected chi connectivity index (χ2v) is 6.56. The maximum absolute atomic E-state index is 12.2. The minimum atomic E-state index is -0.843. The highest BCUT2D eigenvalue weighted by Crippen LogP contribution is 2.25. The molecule has 0 saturated carbocycles. The smallest absolute Gasteiger partial charge is 0.326 e. The normalized spacial score (nSPS) is 17.1. The van der Waals surface area contributed by atoms with E-state index in [-0.39, 0.29) is 17.6 Å². The topological polar surface area (TPSA) is 84.1 Å². The van der Waals surface area contributed by atoms with Crippen LogP contribution < -0.4 is 11.4 Å². The summed E-state index contributed by atoms with van der Waals surface area (Å²) in [7, 11) is 0. The minimum absolute atomic E-state index is 0.0303. The number of amides is 1. The first-order chi connectivity index (χ1) is 10.4. The van der Waals surface area contributed by atoms with Crippen molar-refractivity contribution in [3.8, 4) is 0 Å². The SMILES string of the molecule is CC(C)(N)C(=O)N1CCC(n2c(=O)[nH]c3ccccc32)CC1. The number of fused-ring (bicyclic) bond motifs is 1. The molecule has 1 amide bonds. The molecule has 1 fully saturated rings. The minimum Gasteiger partial charge on any atom is -0.341 e. The Hall–Kier alpha value is -2.08. The zero-order chi connectivity index (χ0) is 15.9. The number of nitrogens with two attached hydrogens (primary N) is 1. The molecule has 6 nitrogen and oxygen atoms in total. The van der Waals surface area contributed by atoms with E-state index in [9.17, 15) is 9.59 Å². The Morgan fingerprint density at radius 2 is 1.91 bits per heavy atom. The van der Waals surface area contributed by atoms with E-state index < -0.39 is 5.54 Å². The molecule has 1 saturated heterocycles. The molecule has 1 aliphatic rings. The van der Waals surface area contributed by atoms with Gasteiger partial charge in [0.2, 0.25) is 5.91 Å². The predicted molar refractivity (Wildman–Crippen MR) is 85.7 cm³/mol. The van der Waals surface area contributed by atoms with Crippen molar-refractivity contribution in [3.63, 3.8) is 0 Å². The Bertz CT molecular complexity index is 745. The summed E-state index contributed by atoms with van der Waals surface area (Å²) in [6, 6.07) is 7.82. The van der Waals surface area contributed by atoms with Gasteiger partial charge in [0.1, 0.15) is 0 Å². The number of carbonyl (C=O) groups excluding carboxylic acids is 1. The van der Waals surface area contributed by atoms with Crippen molar-refractivity contribution in [3.05, 3.63) is 34.7 Å². The highest BCUT2D eigenvalue weighted by Gasteiger charge is 2.31. The molecule has 0 bridgehead atoms. The Kier molecular flexibility index (Phi) is 3.56. The van der Waals surface area contributed by atoms with Crippen LogP contribution in [0.2, 0.25) is 0 Å². The maximum Gasteiger partial charge on any atom is 0.326 e. The third kappa shape index (κ3) is 2.54. The summed E-state index contributed by atoms with van der Waals surface area (Å²) < 4.78 is 1.82. The van der Waals surface area contributed by atoms with Crippen LogP contribution in [0.1, 0.15) is 32.7 Å². The number of para-hydroxylation sites is 2. The van der Waals surface area contributed by atoms with Crippen molar-refractivity contribution in [1.29, 1.82) is 0 Å². The van der Waals surface area contributed by atoms with Crippen LogP contribution in [-0.4, -0.2) is 39.0 Å². The summed E-state index contributed by atoms with van der Waals surface area (Å²) in [4.78, 5) is 29.1. The number of nitrogens with zero attached hydrogens (tertiary/aromatic N) is 2. The molecule has 3 rings (SSSR count). The van der Waals surface area contributed by atoms with Gasteiger partial charge in [0.25, 0.3) is 0 Å². The maximum atomic E-state index is 12.2. The van der Waals surface area contributed by atoms with Crippen LogP contribution in [0, 0.1) is 0 Å². The van der Waals surface area contributed by atoms with E-state index in [1.165, 1.54) is 0 Å². The molecule has 3 N–H and O–H groups in total. The number of H-pyrrole nitrogens is 1. The lowest BCUT2D eigenvalue weighted by molar-refractivity contribution is -0.137. The van der Waals surface area contributed by atoms with Crippen LogP contribution in [-0.2, 0) is 4.79 Å². The van der Waals surface area contributed by atoms with Gasteiger partial charge < -0.3 is 15.6 Å². The molecule has 0 radical (unpaired) electrons. The lowest BCUT2D eigenvalue weighted by Crippen LogP contribution is -2.53. The Morgan fingerprint density at radius 3 is 2.55 bits per heavy atom. The van der Waals surface area contributed by atoms with E-state index in [2.05, 4.69) is 4.98 Å². The lowest BCUT2D eigenvalue weighted by atomic mass is 10.00. The summed E-state index contributed by atoms with van der Waals surface area (Å²) in [5, 5.41) is 0. The monoisotopic (exact) mass is 302 g/mol. The lowest BCUT2D eigenvalue weighted by Gasteiger charge is -2.35. The van der Waals surface area contributed by atoms with E-state index in [4.69, 9.17) is 5.73 Å². The molecule has 22 heavy (non-hydrogen) atoms. The van der Waals surface area contributed by atoms with Crippen LogP contribution in [0.4, 0.5) is 0 Å². The van der Waals surface area contributed by atoms with Crippen molar-refractivity contribution in [1.82, 2.24) is 14.5 Å². The molecule has 0 aliphatic carbocycles. The number of imidazole rings is 1. The molecule has 0 spiro atoms. The van der Waals surface area contributed by atoms with Gasteiger partial charge >= 0.3 is 5.69 Å². The predicted octanol–water partition coefficient (Wildman–Crippen LogP) is 1.23. The largest absolute Gasteiger partial charge is 0.341 e. The number of aromatic nitrogens is 2. The molecule has 6 heteroatoms. The fourth-order valence-electron chi connectivity index (χ4n) is 3.17. The quantitative estimate of drug-likeness (QED) is 0.875. The number of benzene rings is 1. The number of piperidine rings is 1. The molecule has 1 aromatic carbocycles. The van der Waals surface area contributed by atoms with Crippen LogP contribution in [0.25, 0.3) is 11.0 Å². The summed E-state index contributed by atoms with van der Waals surface area (Å²) >= 11 is 0.